The average Bonchev–Trinajstić information content (AvgIpc) is 2.71. The molecule has 1 aromatic carbocycles. The summed E-state index contributed by atoms with van der Waals surface area (Å²) in [5, 5.41) is 2.09. The Hall–Kier alpha value is -1.28. The van der Waals surface area contributed by atoms with E-state index in [2.05, 4.69) is 29.6 Å². The normalized spacial score (nSPS) is 10.1. The SMILES string of the molecule is CCOc1cccc(-c2cccs2)c1. The van der Waals surface area contributed by atoms with Crippen molar-refractivity contribution < 1.29 is 4.74 Å². The minimum Gasteiger partial charge on any atom is -0.494 e. The zero-order valence-electron chi connectivity index (χ0n) is 8.07. The van der Waals surface area contributed by atoms with Gasteiger partial charge in [-0.25, -0.2) is 0 Å². The summed E-state index contributed by atoms with van der Waals surface area (Å²) in [4.78, 5) is 1.28. The molecule has 0 spiro atoms. The second-order valence-electron chi connectivity index (χ2n) is 2.94. The van der Waals surface area contributed by atoms with E-state index in [9.17, 15) is 0 Å². The number of hydrogen-bond acceptors (Lipinski definition) is 2. The molecule has 0 amide bonds. The monoisotopic (exact) mass is 204 g/mol. The first kappa shape index (κ1) is 9.28. The summed E-state index contributed by atoms with van der Waals surface area (Å²) in [5.74, 6) is 0.943. The molecule has 2 heteroatoms. The van der Waals surface area contributed by atoms with Crippen molar-refractivity contribution in [3.05, 3.63) is 41.8 Å². The molecule has 0 N–H and O–H groups in total. The van der Waals surface area contributed by atoms with E-state index >= 15 is 0 Å². The zero-order valence-corrected chi connectivity index (χ0v) is 8.88. The van der Waals surface area contributed by atoms with Gasteiger partial charge in [-0.1, -0.05) is 18.2 Å². The van der Waals surface area contributed by atoms with Gasteiger partial charge in [-0.3, -0.25) is 0 Å². The lowest BCUT2D eigenvalue weighted by molar-refractivity contribution is 0.340. The molecule has 0 fully saturated rings. The van der Waals surface area contributed by atoms with E-state index in [1.165, 1.54) is 10.4 Å². The molecule has 0 aliphatic heterocycles. The highest BCUT2D eigenvalue weighted by molar-refractivity contribution is 7.13. The molecule has 0 unspecified atom stereocenters. The van der Waals surface area contributed by atoms with Gasteiger partial charge in [0.25, 0.3) is 0 Å². The van der Waals surface area contributed by atoms with Crippen molar-refractivity contribution in [1.29, 1.82) is 0 Å². The third kappa shape index (κ3) is 1.96. The Balaban J connectivity index is 2.31. The Kier molecular flexibility index (Phi) is 2.84. The van der Waals surface area contributed by atoms with Gasteiger partial charge in [0.2, 0.25) is 0 Å². The fourth-order valence-electron chi connectivity index (χ4n) is 1.35. The van der Waals surface area contributed by atoms with Gasteiger partial charge in [0.05, 0.1) is 6.61 Å². The Morgan fingerprint density at radius 1 is 1.21 bits per heavy atom. The second kappa shape index (κ2) is 4.29. The van der Waals surface area contributed by atoms with Crippen LogP contribution in [0.3, 0.4) is 0 Å². The van der Waals surface area contributed by atoms with Gasteiger partial charge in [0, 0.05) is 4.88 Å². The molecule has 0 saturated carbocycles. The van der Waals surface area contributed by atoms with E-state index in [0.717, 1.165) is 5.75 Å². The van der Waals surface area contributed by atoms with Gasteiger partial charge in [0.15, 0.2) is 0 Å². The van der Waals surface area contributed by atoms with E-state index < -0.39 is 0 Å². The Labute approximate surface area is 88.0 Å². The zero-order chi connectivity index (χ0) is 9.80. The first-order valence-corrected chi connectivity index (χ1v) is 5.55. The van der Waals surface area contributed by atoms with Crippen molar-refractivity contribution >= 4 is 11.3 Å². The molecule has 0 aliphatic rings. The van der Waals surface area contributed by atoms with Crippen LogP contribution in [0, 0.1) is 0 Å². The molecule has 72 valence electrons. The van der Waals surface area contributed by atoms with Crippen LogP contribution in [0.25, 0.3) is 10.4 Å². The van der Waals surface area contributed by atoms with Crippen LogP contribution in [-0.2, 0) is 0 Å². The van der Waals surface area contributed by atoms with Crippen molar-refractivity contribution in [2.75, 3.05) is 6.61 Å². The van der Waals surface area contributed by atoms with Crippen molar-refractivity contribution in [2.45, 2.75) is 6.92 Å². The lowest BCUT2D eigenvalue weighted by Gasteiger charge is -2.04. The van der Waals surface area contributed by atoms with Crippen LogP contribution in [0.2, 0.25) is 0 Å². The molecule has 0 saturated heterocycles. The van der Waals surface area contributed by atoms with Gasteiger partial charge >= 0.3 is 0 Å². The van der Waals surface area contributed by atoms with Gasteiger partial charge in [0.1, 0.15) is 5.75 Å². The third-order valence-corrected chi connectivity index (χ3v) is 2.87. The Morgan fingerprint density at radius 3 is 2.86 bits per heavy atom. The number of hydrogen-bond donors (Lipinski definition) is 0. The molecular formula is C12H12OS. The van der Waals surface area contributed by atoms with Crippen LogP contribution in [0.1, 0.15) is 6.92 Å². The highest BCUT2D eigenvalue weighted by Crippen LogP contribution is 2.27. The van der Waals surface area contributed by atoms with E-state index in [0.29, 0.717) is 6.61 Å². The number of benzene rings is 1. The maximum Gasteiger partial charge on any atom is 0.119 e. The van der Waals surface area contributed by atoms with Gasteiger partial charge in [-0.15, -0.1) is 11.3 Å². The molecule has 0 radical (unpaired) electrons. The Bertz CT molecular complexity index is 392. The summed E-state index contributed by atoms with van der Waals surface area (Å²) >= 11 is 1.75. The minimum absolute atomic E-state index is 0.716. The van der Waals surface area contributed by atoms with Gasteiger partial charge in [-0.05, 0) is 36.1 Å². The standard InChI is InChI=1S/C12H12OS/c1-2-13-11-6-3-5-10(9-11)12-7-4-8-14-12/h3-9H,2H2,1H3. The summed E-state index contributed by atoms with van der Waals surface area (Å²) in [6.07, 6.45) is 0. The topological polar surface area (TPSA) is 9.23 Å². The quantitative estimate of drug-likeness (QED) is 0.738. The van der Waals surface area contributed by atoms with Crippen LogP contribution >= 0.6 is 11.3 Å². The van der Waals surface area contributed by atoms with E-state index in [1.54, 1.807) is 11.3 Å². The third-order valence-electron chi connectivity index (χ3n) is 1.95. The second-order valence-corrected chi connectivity index (χ2v) is 3.89. The Morgan fingerprint density at radius 2 is 2.14 bits per heavy atom. The number of ether oxygens (including phenoxy) is 1. The maximum absolute atomic E-state index is 5.45. The molecule has 1 heterocycles. The smallest absolute Gasteiger partial charge is 0.119 e. The molecule has 0 aliphatic carbocycles. The first-order valence-electron chi connectivity index (χ1n) is 4.67. The van der Waals surface area contributed by atoms with Gasteiger partial charge in [-0.2, -0.15) is 0 Å². The molecule has 0 atom stereocenters. The maximum atomic E-state index is 5.45. The predicted molar refractivity (Wildman–Crippen MR) is 60.9 cm³/mol. The molecule has 1 nitrogen and oxygen atoms in total. The fourth-order valence-corrected chi connectivity index (χ4v) is 2.07. The highest BCUT2D eigenvalue weighted by Gasteiger charge is 1.99. The number of thiophene rings is 1. The van der Waals surface area contributed by atoms with Crippen molar-refractivity contribution in [1.82, 2.24) is 0 Å². The summed E-state index contributed by atoms with van der Waals surface area (Å²) in [6.45, 7) is 2.71. The van der Waals surface area contributed by atoms with Crippen LogP contribution in [0.15, 0.2) is 41.8 Å². The first-order chi connectivity index (χ1) is 6.90. The van der Waals surface area contributed by atoms with Crippen molar-refractivity contribution in [3.63, 3.8) is 0 Å². The van der Waals surface area contributed by atoms with Crippen LogP contribution in [0.5, 0.6) is 5.75 Å². The lowest BCUT2D eigenvalue weighted by Crippen LogP contribution is -1.90. The molecule has 2 rings (SSSR count). The van der Waals surface area contributed by atoms with Crippen LogP contribution in [-0.4, -0.2) is 6.61 Å². The molecule has 2 aromatic rings. The van der Waals surface area contributed by atoms with Crippen molar-refractivity contribution in [2.24, 2.45) is 0 Å². The minimum atomic E-state index is 0.716. The van der Waals surface area contributed by atoms with Crippen LogP contribution in [0.4, 0.5) is 0 Å². The summed E-state index contributed by atoms with van der Waals surface area (Å²) in [5.41, 5.74) is 1.23. The molecule has 1 aromatic heterocycles. The number of rotatable bonds is 3. The summed E-state index contributed by atoms with van der Waals surface area (Å²) in [6, 6.07) is 12.4. The largest absolute Gasteiger partial charge is 0.494 e. The summed E-state index contributed by atoms with van der Waals surface area (Å²) in [7, 11) is 0. The lowest BCUT2D eigenvalue weighted by atomic mass is 10.2. The summed E-state index contributed by atoms with van der Waals surface area (Å²) < 4.78 is 5.45. The average molecular weight is 204 g/mol. The molecular weight excluding hydrogens is 192 g/mol. The predicted octanol–water partition coefficient (Wildman–Crippen LogP) is 3.81. The van der Waals surface area contributed by atoms with Crippen molar-refractivity contribution in [3.8, 4) is 16.2 Å². The molecule has 14 heavy (non-hydrogen) atoms. The highest BCUT2D eigenvalue weighted by atomic mass is 32.1. The molecule has 0 bridgehead atoms. The van der Waals surface area contributed by atoms with E-state index in [4.69, 9.17) is 4.74 Å². The van der Waals surface area contributed by atoms with E-state index in [-0.39, 0.29) is 0 Å². The fraction of sp³-hybridized carbons (Fsp3) is 0.167. The van der Waals surface area contributed by atoms with E-state index in [1.807, 2.05) is 19.1 Å². The van der Waals surface area contributed by atoms with Gasteiger partial charge < -0.3 is 4.74 Å². The van der Waals surface area contributed by atoms with Crippen LogP contribution < -0.4 is 4.74 Å².